The maximum atomic E-state index is 10.6. The van der Waals surface area contributed by atoms with Gasteiger partial charge in [0.2, 0.25) is 0 Å². The van der Waals surface area contributed by atoms with Gasteiger partial charge in [-0.1, -0.05) is 13.0 Å². The Morgan fingerprint density at radius 1 is 1.19 bits per heavy atom. The lowest BCUT2D eigenvalue weighted by Crippen LogP contribution is -1.97. The lowest BCUT2D eigenvalue weighted by Gasteiger charge is -2.05. The zero-order valence-electron chi connectivity index (χ0n) is 8.62. The Labute approximate surface area is 91.5 Å². The van der Waals surface area contributed by atoms with Gasteiger partial charge in [0.15, 0.2) is 0 Å². The molecule has 0 aliphatic rings. The van der Waals surface area contributed by atoms with Crippen molar-refractivity contribution in [3.63, 3.8) is 0 Å². The molecule has 6 nitrogen and oxygen atoms in total. The first-order valence-electron chi connectivity index (χ1n) is 4.52. The molecule has 0 saturated carbocycles. The minimum Gasteiger partial charge on any atom is -0.258 e. The van der Waals surface area contributed by atoms with Gasteiger partial charge < -0.3 is 0 Å². The van der Waals surface area contributed by atoms with Gasteiger partial charge in [-0.05, 0) is 11.5 Å². The van der Waals surface area contributed by atoms with E-state index in [2.05, 4.69) is 6.58 Å². The number of benzene rings is 1. The summed E-state index contributed by atoms with van der Waals surface area (Å²) in [5, 5.41) is 21.2. The van der Waals surface area contributed by atoms with Crippen molar-refractivity contribution in [1.82, 2.24) is 0 Å². The fourth-order valence-corrected chi connectivity index (χ4v) is 1.23. The number of non-ortho nitro benzene ring substituents is 2. The fourth-order valence-electron chi connectivity index (χ4n) is 1.23. The maximum Gasteiger partial charge on any atom is 0.276 e. The van der Waals surface area contributed by atoms with Crippen LogP contribution in [0, 0.1) is 20.2 Å². The van der Waals surface area contributed by atoms with E-state index >= 15 is 0 Å². The monoisotopic (exact) mass is 222 g/mol. The average molecular weight is 222 g/mol. The normalized spacial score (nSPS) is 11.8. The van der Waals surface area contributed by atoms with Gasteiger partial charge in [-0.3, -0.25) is 20.2 Å². The van der Waals surface area contributed by atoms with Crippen LogP contribution in [-0.4, -0.2) is 9.85 Å². The second-order valence-electron chi connectivity index (χ2n) is 3.32. The number of allylic oxidation sites excluding steroid dienone is 1. The Balaban J connectivity index is 3.34. The second kappa shape index (κ2) is 4.52. The van der Waals surface area contributed by atoms with Gasteiger partial charge >= 0.3 is 0 Å². The van der Waals surface area contributed by atoms with Crippen LogP contribution in [0.3, 0.4) is 0 Å². The summed E-state index contributed by atoms with van der Waals surface area (Å²) >= 11 is 0. The molecule has 0 heterocycles. The number of hydrogen-bond acceptors (Lipinski definition) is 4. The molecule has 1 atom stereocenters. The highest BCUT2D eigenvalue weighted by Gasteiger charge is 2.17. The molecule has 1 aromatic carbocycles. The number of hydrogen-bond donors (Lipinski definition) is 0. The van der Waals surface area contributed by atoms with E-state index in [4.69, 9.17) is 0 Å². The molecule has 0 fully saturated rings. The molecule has 0 aliphatic heterocycles. The molecule has 0 aromatic heterocycles. The third-order valence-corrected chi connectivity index (χ3v) is 2.23. The van der Waals surface area contributed by atoms with Gasteiger partial charge in [0.05, 0.1) is 15.9 Å². The van der Waals surface area contributed by atoms with Crippen LogP contribution in [0.2, 0.25) is 0 Å². The summed E-state index contributed by atoms with van der Waals surface area (Å²) in [6.45, 7) is 5.31. The van der Waals surface area contributed by atoms with Crippen molar-refractivity contribution in [3.05, 3.63) is 56.6 Å². The van der Waals surface area contributed by atoms with E-state index in [1.54, 1.807) is 13.0 Å². The summed E-state index contributed by atoms with van der Waals surface area (Å²) in [6.07, 6.45) is 1.57. The zero-order chi connectivity index (χ0) is 12.3. The standard InChI is InChI=1S/C10H10N2O4/c1-3-7(2)8-4-9(11(13)14)6-10(5-8)12(15)16/h3-7H,1H2,2H3. The maximum absolute atomic E-state index is 10.6. The van der Waals surface area contributed by atoms with Gasteiger partial charge in [0.25, 0.3) is 11.4 Å². The highest BCUT2D eigenvalue weighted by atomic mass is 16.6. The molecule has 16 heavy (non-hydrogen) atoms. The first-order chi connectivity index (χ1) is 7.45. The van der Waals surface area contributed by atoms with Gasteiger partial charge in [-0.15, -0.1) is 6.58 Å². The van der Waals surface area contributed by atoms with E-state index in [0.717, 1.165) is 6.07 Å². The van der Waals surface area contributed by atoms with E-state index in [1.165, 1.54) is 12.1 Å². The second-order valence-corrected chi connectivity index (χ2v) is 3.32. The number of nitro groups is 2. The average Bonchev–Trinajstić information content (AvgIpc) is 2.27. The highest BCUT2D eigenvalue weighted by molar-refractivity contribution is 5.48. The summed E-state index contributed by atoms with van der Waals surface area (Å²) in [7, 11) is 0. The van der Waals surface area contributed by atoms with Gasteiger partial charge in [-0.2, -0.15) is 0 Å². The van der Waals surface area contributed by atoms with Crippen molar-refractivity contribution >= 4 is 11.4 Å². The predicted molar refractivity (Wildman–Crippen MR) is 58.4 cm³/mol. The van der Waals surface area contributed by atoms with Crippen LogP contribution >= 0.6 is 0 Å². The molecule has 0 N–H and O–H groups in total. The Morgan fingerprint density at radius 2 is 1.62 bits per heavy atom. The van der Waals surface area contributed by atoms with E-state index in [1.807, 2.05) is 0 Å². The van der Waals surface area contributed by atoms with Crippen molar-refractivity contribution in [3.8, 4) is 0 Å². The molecular formula is C10H10N2O4. The van der Waals surface area contributed by atoms with Crippen LogP contribution in [-0.2, 0) is 0 Å². The van der Waals surface area contributed by atoms with Crippen LogP contribution in [0.4, 0.5) is 11.4 Å². The molecule has 0 bridgehead atoms. The van der Waals surface area contributed by atoms with Crippen LogP contribution in [0.15, 0.2) is 30.9 Å². The first kappa shape index (κ1) is 11.8. The van der Waals surface area contributed by atoms with Crippen molar-refractivity contribution in [2.24, 2.45) is 0 Å². The Morgan fingerprint density at radius 3 is 1.94 bits per heavy atom. The largest absolute Gasteiger partial charge is 0.276 e. The summed E-state index contributed by atoms with van der Waals surface area (Å²) in [4.78, 5) is 19.9. The minimum atomic E-state index is -0.647. The van der Waals surface area contributed by atoms with Gasteiger partial charge in [0.1, 0.15) is 0 Å². The van der Waals surface area contributed by atoms with Gasteiger partial charge in [-0.25, -0.2) is 0 Å². The lowest BCUT2D eigenvalue weighted by atomic mass is 10.0. The SMILES string of the molecule is C=CC(C)c1cc([N+](=O)[O-])cc([N+](=O)[O-])c1. The predicted octanol–water partition coefficient (Wildman–Crippen LogP) is 2.79. The lowest BCUT2D eigenvalue weighted by molar-refractivity contribution is -0.394. The van der Waals surface area contributed by atoms with Crippen molar-refractivity contribution in [2.45, 2.75) is 12.8 Å². The quantitative estimate of drug-likeness (QED) is 0.445. The topological polar surface area (TPSA) is 86.3 Å². The fraction of sp³-hybridized carbons (Fsp3) is 0.200. The minimum absolute atomic E-state index is 0.168. The third kappa shape index (κ3) is 2.41. The number of nitro benzene ring substituents is 2. The van der Waals surface area contributed by atoms with Crippen LogP contribution in [0.1, 0.15) is 18.4 Å². The Bertz CT molecular complexity index is 424. The molecule has 0 saturated heterocycles. The first-order valence-corrected chi connectivity index (χ1v) is 4.52. The molecule has 1 aromatic rings. The number of rotatable bonds is 4. The van der Waals surface area contributed by atoms with E-state index in [0.29, 0.717) is 5.56 Å². The van der Waals surface area contributed by atoms with Crippen LogP contribution < -0.4 is 0 Å². The molecule has 0 aliphatic carbocycles. The Hall–Kier alpha value is -2.24. The molecule has 0 spiro atoms. The molecule has 1 rings (SSSR count). The van der Waals surface area contributed by atoms with Gasteiger partial charge in [0, 0.05) is 12.1 Å². The summed E-state index contributed by atoms with van der Waals surface area (Å²) in [6, 6.07) is 3.58. The number of nitrogens with zero attached hydrogens (tertiary/aromatic N) is 2. The van der Waals surface area contributed by atoms with E-state index in [9.17, 15) is 20.2 Å². The van der Waals surface area contributed by atoms with Crippen LogP contribution in [0.5, 0.6) is 0 Å². The molecular weight excluding hydrogens is 212 g/mol. The summed E-state index contributed by atoms with van der Waals surface area (Å²) in [5.41, 5.74) is -0.0494. The summed E-state index contributed by atoms with van der Waals surface area (Å²) < 4.78 is 0. The van der Waals surface area contributed by atoms with Crippen LogP contribution in [0.25, 0.3) is 0 Å². The van der Waals surface area contributed by atoms with E-state index in [-0.39, 0.29) is 17.3 Å². The molecule has 84 valence electrons. The molecule has 0 radical (unpaired) electrons. The molecule has 1 unspecified atom stereocenters. The highest BCUT2D eigenvalue weighted by Crippen LogP contribution is 2.27. The van der Waals surface area contributed by atoms with Crippen molar-refractivity contribution < 1.29 is 9.85 Å². The van der Waals surface area contributed by atoms with E-state index < -0.39 is 9.85 Å². The molecule has 6 heteroatoms. The summed E-state index contributed by atoms with van der Waals surface area (Å²) in [5.74, 6) is -0.168. The smallest absolute Gasteiger partial charge is 0.258 e. The molecule has 0 amide bonds. The van der Waals surface area contributed by atoms with Crippen molar-refractivity contribution in [2.75, 3.05) is 0 Å². The Kier molecular flexibility index (Phi) is 3.34. The zero-order valence-corrected chi connectivity index (χ0v) is 8.62. The van der Waals surface area contributed by atoms with Crippen molar-refractivity contribution in [1.29, 1.82) is 0 Å². The third-order valence-electron chi connectivity index (χ3n) is 2.23.